The number of aliphatic carboxylic acids is 1. The number of rotatable bonds is 5. The lowest BCUT2D eigenvalue weighted by Crippen LogP contribution is -2.37. The maximum atomic E-state index is 10.7. The zero-order valence-corrected chi connectivity index (χ0v) is 6.24. The smallest absolute Gasteiger partial charge is 0.321 e. The van der Waals surface area contributed by atoms with Crippen molar-refractivity contribution in [2.24, 2.45) is 5.73 Å². The van der Waals surface area contributed by atoms with Gasteiger partial charge in [0.05, 0.1) is 13.0 Å². The first kappa shape index (κ1) is 10.6. The van der Waals surface area contributed by atoms with Crippen molar-refractivity contribution in [1.29, 1.82) is 0 Å². The molecule has 0 aliphatic rings. The Balaban J connectivity index is 3.68. The first-order valence-electron chi connectivity index (χ1n) is 3.18. The fourth-order valence-electron chi connectivity index (χ4n) is 0.494. The van der Waals surface area contributed by atoms with E-state index in [0.717, 1.165) is 0 Å². The summed E-state index contributed by atoms with van der Waals surface area (Å²) in [5.41, 5.74) is 5.03. The van der Waals surface area contributed by atoms with Gasteiger partial charge in [-0.05, 0) is 0 Å². The third-order valence-corrected chi connectivity index (χ3v) is 1.08. The Morgan fingerprint density at radius 1 is 1.58 bits per heavy atom. The quantitative estimate of drug-likeness (QED) is 0.446. The second-order valence-corrected chi connectivity index (χ2v) is 2.07. The monoisotopic (exact) mass is 173 g/mol. The molecule has 0 aromatic carbocycles. The minimum absolute atomic E-state index is 0.245. The minimum atomic E-state index is -1.25. The average molecular weight is 173 g/mol. The number of carbonyl (C=O) groups excluding carboxylic acids is 2. The molecular formula is C6H9N2O4. The lowest BCUT2D eigenvalue weighted by atomic mass is 10.2. The van der Waals surface area contributed by atoms with Crippen LogP contribution >= 0.6 is 0 Å². The van der Waals surface area contributed by atoms with Gasteiger partial charge in [0.15, 0.2) is 0 Å². The highest BCUT2D eigenvalue weighted by atomic mass is 16.4. The van der Waals surface area contributed by atoms with E-state index in [1.807, 2.05) is 0 Å². The summed E-state index contributed by atoms with van der Waals surface area (Å²) in [5.74, 6) is -1.83. The van der Waals surface area contributed by atoms with Gasteiger partial charge in [0.2, 0.25) is 12.2 Å². The molecule has 0 rings (SSSR count). The Hall–Kier alpha value is -1.43. The van der Waals surface area contributed by atoms with Crippen molar-refractivity contribution in [2.45, 2.75) is 12.5 Å². The van der Waals surface area contributed by atoms with Crippen LogP contribution in [0.25, 0.3) is 0 Å². The van der Waals surface area contributed by atoms with Gasteiger partial charge in [-0.15, -0.1) is 0 Å². The molecule has 0 bridgehead atoms. The van der Waals surface area contributed by atoms with Gasteiger partial charge in [-0.1, -0.05) is 0 Å². The molecule has 1 atom stereocenters. The van der Waals surface area contributed by atoms with Crippen LogP contribution in [-0.2, 0) is 14.4 Å². The zero-order chi connectivity index (χ0) is 9.56. The van der Waals surface area contributed by atoms with Crippen molar-refractivity contribution >= 4 is 18.2 Å². The molecule has 0 saturated carbocycles. The van der Waals surface area contributed by atoms with Gasteiger partial charge in [-0.2, -0.15) is 0 Å². The van der Waals surface area contributed by atoms with Crippen LogP contribution in [0.3, 0.4) is 0 Å². The number of carbonyl (C=O) groups is 2. The predicted molar refractivity (Wildman–Crippen MR) is 38.9 cm³/mol. The van der Waals surface area contributed by atoms with Crippen molar-refractivity contribution in [3.05, 3.63) is 0 Å². The molecule has 0 saturated heterocycles. The van der Waals surface area contributed by atoms with Gasteiger partial charge in [0, 0.05) is 0 Å². The largest absolute Gasteiger partial charge is 0.480 e. The highest BCUT2D eigenvalue weighted by molar-refractivity contribution is 5.85. The van der Waals surface area contributed by atoms with E-state index < -0.39 is 17.9 Å². The molecule has 67 valence electrons. The Kier molecular flexibility index (Phi) is 4.62. The lowest BCUT2D eigenvalue weighted by Gasteiger charge is -2.04. The summed E-state index contributed by atoms with van der Waals surface area (Å²) >= 11 is 0. The Morgan fingerprint density at radius 2 is 2.17 bits per heavy atom. The molecule has 6 heteroatoms. The summed E-state index contributed by atoms with van der Waals surface area (Å²) in [6.45, 7) is -0.245. The molecule has 0 fully saturated rings. The van der Waals surface area contributed by atoms with Crippen LogP contribution in [0.1, 0.15) is 6.42 Å². The molecular weight excluding hydrogens is 164 g/mol. The molecule has 0 aliphatic heterocycles. The summed E-state index contributed by atoms with van der Waals surface area (Å²) < 4.78 is 0. The summed E-state index contributed by atoms with van der Waals surface area (Å²) in [6.07, 6.45) is 1.09. The number of carboxylic acid groups (broad SMARTS) is 1. The van der Waals surface area contributed by atoms with E-state index in [-0.39, 0.29) is 13.0 Å². The summed E-state index contributed by atoms with van der Waals surface area (Å²) in [5, 5.41) is 10.4. The van der Waals surface area contributed by atoms with Gasteiger partial charge in [0.1, 0.15) is 6.04 Å². The second-order valence-electron chi connectivity index (χ2n) is 2.07. The van der Waals surface area contributed by atoms with Crippen LogP contribution in [0, 0.1) is 0 Å². The van der Waals surface area contributed by atoms with E-state index in [2.05, 4.69) is 5.32 Å². The number of hydrogen-bond donors (Lipinski definition) is 3. The van der Waals surface area contributed by atoms with Crippen molar-refractivity contribution in [1.82, 2.24) is 5.32 Å². The van der Waals surface area contributed by atoms with E-state index in [0.29, 0.717) is 0 Å². The van der Waals surface area contributed by atoms with Crippen LogP contribution in [0.5, 0.6) is 0 Å². The average Bonchev–Trinajstić information content (AvgIpc) is 2.00. The van der Waals surface area contributed by atoms with E-state index in [1.54, 1.807) is 0 Å². The molecule has 1 radical (unpaired) electrons. The zero-order valence-electron chi connectivity index (χ0n) is 6.24. The molecule has 0 unspecified atom stereocenters. The Morgan fingerprint density at radius 3 is 2.58 bits per heavy atom. The molecule has 12 heavy (non-hydrogen) atoms. The van der Waals surface area contributed by atoms with Crippen LogP contribution in [-0.4, -0.2) is 35.9 Å². The third-order valence-electron chi connectivity index (χ3n) is 1.08. The molecule has 0 spiro atoms. The fourth-order valence-corrected chi connectivity index (χ4v) is 0.494. The highest BCUT2D eigenvalue weighted by Crippen LogP contribution is 1.86. The van der Waals surface area contributed by atoms with Crippen molar-refractivity contribution in [2.75, 3.05) is 6.54 Å². The van der Waals surface area contributed by atoms with Crippen molar-refractivity contribution in [3.63, 3.8) is 0 Å². The Labute approximate surface area is 68.7 Å². The molecule has 0 aliphatic carbocycles. The van der Waals surface area contributed by atoms with Gasteiger partial charge in [0.25, 0.3) is 0 Å². The maximum absolute atomic E-state index is 10.7. The number of hydrogen-bond acceptors (Lipinski definition) is 4. The summed E-state index contributed by atoms with van der Waals surface area (Å²) in [4.78, 5) is 30.5. The molecule has 4 N–H and O–H groups in total. The first-order valence-corrected chi connectivity index (χ1v) is 3.18. The fraction of sp³-hybridized carbons (Fsp3) is 0.500. The lowest BCUT2D eigenvalue weighted by molar-refractivity contribution is -0.140. The van der Waals surface area contributed by atoms with Gasteiger partial charge in [-0.25, -0.2) is 0 Å². The van der Waals surface area contributed by atoms with E-state index >= 15 is 0 Å². The van der Waals surface area contributed by atoms with E-state index in [4.69, 9.17) is 10.8 Å². The van der Waals surface area contributed by atoms with E-state index in [1.165, 1.54) is 6.29 Å². The topological polar surface area (TPSA) is 109 Å². The van der Waals surface area contributed by atoms with Crippen LogP contribution in [0.4, 0.5) is 0 Å². The first-order chi connectivity index (χ1) is 5.57. The van der Waals surface area contributed by atoms with E-state index in [9.17, 15) is 14.4 Å². The van der Waals surface area contributed by atoms with Gasteiger partial charge >= 0.3 is 5.97 Å². The Bertz CT molecular complexity index is 192. The number of nitrogens with one attached hydrogen (secondary N) is 1. The molecule has 1 amide bonds. The number of carboxylic acids is 1. The molecule has 6 nitrogen and oxygen atoms in total. The standard InChI is InChI=1S/C6H9N2O4/c7-4(6(11)12)3-5(10)8-1-2-9/h4H,1,3,7H2,(H,8,10)(H,11,12)/t4-/m0/s1. The van der Waals surface area contributed by atoms with Crippen LogP contribution in [0.15, 0.2) is 0 Å². The second kappa shape index (κ2) is 5.25. The highest BCUT2D eigenvalue weighted by Gasteiger charge is 2.15. The van der Waals surface area contributed by atoms with Crippen molar-refractivity contribution in [3.8, 4) is 0 Å². The maximum Gasteiger partial charge on any atom is 0.321 e. The summed E-state index contributed by atoms with van der Waals surface area (Å²) in [6, 6.07) is -1.23. The van der Waals surface area contributed by atoms with Crippen LogP contribution < -0.4 is 11.1 Å². The third kappa shape index (κ3) is 4.40. The number of nitrogens with two attached hydrogens (primary N) is 1. The van der Waals surface area contributed by atoms with Crippen LogP contribution in [0.2, 0.25) is 0 Å². The van der Waals surface area contributed by atoms with Gasteiger partial charge < -0.3 is 16.2 Å². The molecule has 0 aromatic heterocycles. The summed E-state index contributed by atoms with van der Waals surface area (Å²) in [7, 11) is 0. The SMILES string of the molecule is N[C@@H](CC(=O)NC[C]=O)C(=O)O. The molecule has 0 aromatic rings. The predicted octanol–water partition coefficient (Wildman–Crippen LogP) is -1.99. The number of amides is 1. The molecule has 0 heterocycles. The minimum Gasteiger partial charge on any atom is -0.480 e. The van der Waals surface area contributed by atoms with Crippen molar-refractivity contribution < 1.29 is 19.5 Å². The normalized spacial score (nSPS) is 11.8. The van der Waals surface area contributed by atoms with Gasteiger partial charge in [-0.3, -0.25) is 14.4 Å².